The molecular formula is C25H23ClN2O3. The maximum absolute atomic E-state index is 12.8. The second-order valence-corrected chi connectivity index (χ2v) is 7.31. The molecule has 6 heteroatoms. The highest BCUT2D eigenvalue weighted by molar-refractivity contribution is 6.31. The number of halogens is 1. The summed E-state index contributed by atoms with van der Waals surface area (Å²) in [6, 6.07) is 18.4. The lowest BCUT2D eigenvalue weighted by atomic mass is 10.0. The summed E-state index contributed by atoms with van der Waals surface area (Å²) in [5, 5.41) is 14.6. The van der Waals surface area contributed by atoms with Crippen LogP contribution in [0.5, 0.6) is 11.5 Å². The lowest BCUT2D eigenvalue weighted by molar-refractivity contribution is -0.112. The molecule has 0 aliphatic rings. The number of hydrogen-bond acceptors (Lipinski definition) is 4. The molecule has 5 nitrogen and oxygen atoms in total. The molecule has 0 radical (unpaired) electrons. The molecule has 0 aliphatic carbocycles. The van der Waals surface area contributed by atoms with E-state index in [9.17, 15) is 10.1 Å². The van der Waals surface area contributed by atoms with Gasteiger partial charge in [-0.2, -0.15) is 5.26 Å². The van der Waals surface area contributed by atoms with Gasteiger partial charge in [0.25, 0.3) is 5.91 Å². The largest absolute Gasteiger partial charge is 0.495 e. The van der Waals surface area contributed by atoms with E-state index in [1.54, 1.807) is 24.3 Å². The van der Waals surface area contributed by atoms with E-state index in [0.717, 1.165) is 34.9 Å². The van der Waals surface area contributed by atoms with Gasteiger partial charge in [-0.15, -0.1) is 0 Å². The number of benzene rings is 3. The van der Waals surface area contributed by atoms with Crippen LogP contribution in [0.15, 0.2) is 60.2 Å². The number of fused-ring (bicyclic) bond motifs is 1. The summed E-state index contributed by atoms with van der Waals surface area (Å²) >= 11 is 6.03. The van der Waals surface area contributed by atoms with Gasteiger partial charge in [-0.1, -0.05) is 55.3 Å². The van der Waals surface area contributed by atoms with Crippen LogP contribution in [0.3, 0.4) is 0 Å². The van der Waals surface area contributed by atoms with E-state index in [4.69, 9.17) is 21.1 Å². The van der Waals surface area contributed by atoms with Crippen LogP contribution < -0.4 is 14.8 Å². The maximum Gasteiger partial charge on any atom is 0.266 e. The molecule has 1 amide bonds. The first-order valence-electron chi connectivity index (χ1n) is 9.98. The molecule has 0 bridgehead atoms. The third kappa shape index (κ3) is 5.36. The predicted octanol–water partition coefficient (Wildman–Crippen LogP) is 6.23. The zero-order valence-corrected chi connectivity index (χ0v) is 18.2. The lowest BCUT2D eigenvalue weighted by Crippen LogP contribution is -2.14. The van der Waals surface area contributed by atoms with Gasteiger partial charge < -0.3 is 14.8 Å². The van der Waals surface area contributed by atoms with Crippen molar-refractivity contribution in [3.63, 3.8) is 0 Å². The second kappa shape index (κ2) is 10.5. The van der Waals surface area contributed by atoms with E-state index in [-0.39, 0.29) is 5.57 Å². The molecule has 0 fully saturated rings. The standard InChI is InChI=1S/C25H23ClN2O3/c1-3-4-13-31-23-11-9-17(20-7-5-6-8-21(20)23)14-18(16-27)25(29)28-22-15-19(26)10-12-24(22)30-2/h5-12,14-15H,3-4,13H2,1-2H3,(H,28,29)/b18-14+. The van der Waals surface area contributed by atoms with E-state index >= 15 is 0 Å². The SMILES string of the molecule is CCCCOc1ccc(/C=C(\C#N)C(=O)Nc2cc(Cl)ccc2OC)c2ccccc12. The van der Waals surface area contributed by atoms with Crippen LogP contribution in [0, 0.1) is 11.3 Å². The van der Waals surface area contributed by atoms with Crippen molar-refractivity contribution in [1.82, 2.24) is 0 Å². The first kappa shape index (κ1) is 22.2. The van der Waals surface area contributed by atoms with Gasteiger partial charge in [0.05, 0.1) is 19.4 Å². The Morgan fingerprint density at radius 2 is 1.87 bits per heavy atom. The van der Waals surface area contributed by atoms with Crippen molar-refractivity contribution in [2.45, 2.75) is 19.8 Å². The van der Waals surface area contributed by atoms with Crippen LogP contribution in [0.4, 0.5) is 5.69 Å². The fourth-order valence-electron chi connectivity index (χ4n) is 3.14. The average molecular weight is 435 g/mol. The van der Waals surface area contributed by atoms with Crippen LogP contribution >= 0.6 is 11.6 Å². The number of hydrogen-bond donors (Lipinski definition) is 1. The lowest BCUT2D eigenvalue weighted by Gasteiger charge is -2.12. The van der Waals surface area contributed by atoms with Crippen molar-refractivity contribution in [2.75, 3.05) is 19.0 Å². The molecule has 3 aromatic rings. The number of methoxy groups -OCH3 is 1. The summed E-state index contributed by atoms with van der Waals surface area (Å²) < 4.78 is 11.2. The molecule has 3 rings (SSSR count). The third-order valence-corrected chi connectivity index (χ3v) is 4.98. The van der Waals surface area contributed by atoms with Gasteiger partial charge in [0.1, 0.15) is 23.1 Å². The van der Waals surface area contributed by atoms with Crippen molar-refractivity contribution < 1.29 is 14.3 Å². The highest BCUT2D eigenvalue weighted by atomic mass is 35.5. The van der Waals surface area contributed by atoms with Crippen LogP contribution in [-0.2, 0) is 4.79 Å². The molecule has 1 N–H and O–H groups in total. The van der Waals surface area contributed by atoms with Crippen LogP contribution in [-0.4, -0.2) is 19.6 Å². The van der Waals surface area contributed by atoms with Crippen LogP contribution in [0.25, 0.3) is 16.8 Å². The van der Waals surface area contributed by atoms with E-state index in [0.29, 0.717) is 23.1 Å². The van der Waals surface area contributed by atoms with E-state index in [2.05, 4.69) is 12.2 Å². The van der Waals surface area contributed by atoms with Gasteiger partial charge >= 0.3 is 0 Å². The van der Waals surface area contributed by atoms with Gasteiger partial charge in [0, 0.05) is 10.4 Å². The highest BCUT2D eigenvalue weighted by Crippen LogP contribution is 2.31. The van der Waals surface area contributed by atoms with Gasteiger partial charge in [0.15, 0.2) is 0 Å². The summed E-state index contributed by atoms with van der Waals surface area (Å²) in [6.07, 6.45) is 3.60. The van der Waals surface area contributed by atoms with Gasteiger partial charge in [-0.05, 0) is 47.7 Å². The van der Waals surface area contributed by atoms with Gasteiger partial charge in [-0.3, -0.25) is 4.79 Å². The Morgan fingerprint density at radius 1 is 1.13 bits per heavy atom. The van der Waals surface area contributed by atoms with Crippen LogP contribution in [0.2, 0.25) is 5.02 Å². The minimum atomic E-state index is -0.546. The third-order valence-electron chi connectivity index (χ3n) is 4.75. The monoisotopic (exact) mass is 434 g/mol. The molecule has 0 spiro atoms. The molecule has 0 saturated heterocycles. The van der Waals surface area contributed by atoms with E-state index in [1.807, 2.05) is 42.5 Å². The summed E-state index contributed by atoms with van der Waals surface area (Å²) in [4.78, 5) is 12.8. The van der Waals surface area contributed by atoms with E-state index in [1.165, 1.54) is 7.11 Å². The quantitative estimate of drug-likeness (QED) is 0.259. The number of anilines is 1. The number of carbonyl (C=O) groups is 1. The molecule has 0 heterocycles. The number of ether oxygens (including phenoxy) is 2. The van der Waals surface area contributed by atoms with Gasteiger partial charge in [0.2, 0.25) is 0 Å². The first-order chi connectivity index (χ1) is 15.1. The second-order valence-electron chi connectivity index (χ2n) is 6.87. The Balaban J connectivity index is 1.94. The van der Waals surface area contributed by atoms with E-state index < -0.39 is 5.91 Å². The number of carbonyl (C=O) groups excluding carboxylic acids is 1. The fraction of sp³-hybridized carbons (Fsp3) is 0.200. The fourth-order valence-corrected chi connectivity index (χ4v) is 3.32. The molecule has 0 unspecified atom stereocenters. The molecule has 0 aliphatic heterocycles. The van der Waals surface area contributed by atoms with Crippen molar-refractivity contribution >= 4 is 40.0 Å². The Kier molecular flexibility index (Phi) is 7.53. The summed E-state index contributed by atoms with van der Waals surface area (Å²) in [7, 11) is 1.50. The zero-order chi connectivity index (χ0) is 22.2. The summed E-state index contributed by atoms with van der Waals surface area (Å²) in [6.45, 7) is 2.76. The van der Waals surface area contributed by atoms with Crippen molar-refractivity contribution in [1.29, 1.82) is 5.26 Å². The Labute approximate surface area is 186 Å². The molecule has 3 aromatic carbocycles. The van der Waals surface area contributed by atoms with Gasteiger partial charge in [-0.25, -0.2) is 0 Å². The van der Waals surface area contributed by atoms with Crippen molar-refractivity contribution in [2.24, 2.45) is 0 Å². The molecule has 31 heavy (non-hydrogen) atoms. The highest BCUT2D eigenvalue weighted by Gasteiger charge is 2.14. The molecule has 0 atom stereocenters. The molecular weight excluding hydrogens is 412 g/mol. The first-order valence-corrected chi connectivity index (χ1v) is 10.4. The van der Waals surface area contributed by atoms with Crippen molar-refractivity contribution in [3.8, 4) is 17.6 Å². The predicted molar refractivity (Wildman–Crippen MR) is 125 cm³/mol. The zero-order valence-electron chi connectivity index (χ0n) is 17.4. The minimum Gasteiger partial charge on any atom is -0.495 e. The number of nitrogens with one attached hydrogen (secondary N) is 1. The number of unbranched alkanes of at least 4 members (excludes halogenated alkanes) is 1. The summed E-state index contributed by atoms with van der Waals surface area (Å²) in [5.74, 6) is 0.692. The molecule has 0 aromatic heterocycles. The number of rotatable bonds is 8. The number of nitriles is 1. The molecule has 158 valence electrons. The number of nitrogens with zero attached hydrogens (tertiary/aromatic N) is 1. The Morgan fingerprint density at radius 3 is 2.58 bits per heavy atom. The minimum absolute atomic E-state index is 0.0353. The molecule has 0 saturated carbocycles. The Bertz CT molecular complexity index is 1170. The maximum atomic E-state index is 12.8. The number of amides is 1. The summed E-state index contributed by atoms with van der Waals surface area (Å²) in [5.41, 5.74) is 1.11. The smallest absolute Gasteiger partial charge is 0.266 e. The van der Waals surface area contributed by atoms with Crippen LogP contribution in [0.1, 0.15) is 25.3 Å². The Hall–Kier alpha value is -3.49. The topological polar surface area (TPSA) is 71.3 Å². The average Bonchev–Trinajstić information content (AvgIpc) is 2.78. The van der Waals surface area contributed by atoms with Crippen molar-refractivity contribution in [3.05, 3.63) is 70.8 Å². The normalized spacial score (nSPS) is 11.1.